The van der Waals surface area contributed by atoms with Crippen molar-refractivity contribution in [3.63, 3.8) is 0 Å². The van der Waals surface area contributed by atoms with E-state index in [2.05, 4.69) is 4.90 Å². The highest BCUT2D eigenvalue weighted by Gasteiger charge is 2.32. The van der Waals surface area contributed by atoms with Crippen LogP contribution in [-0.4, -0.2) is 59.6 Å². The standard InChI is InChI=1S/C18H18Cl2N2O2/c19-7-9-21(10-8-20)11-12-22-17(23)14-5-1-3-13-4-2-6-15(16(13)14)18(22)24/h1-6H,7-12H2. The summed E-state index contributed by atoms with van der Waals surface area (Å²) in [5.74, 6) is 0.504. The van der Waals surface area contributed by atoms with Crippen LogP contribution in [0, 0.1) is 0 Å². The number of hydrogen-bond acceptors (Lipinski definition) is 3. The number of alkyl halides is 2. The number of nitrogens with zero attached hydrogens (tertiary/aromatic N) is 2. The van der Waals surface area contributed by atoms with E-state index in [-0.39, 0.29) is 11.8 Å². The molecular formula is C18H18Cl2N2O2. The highest BCUT2D eigenvalue weighted by atomic mass is 35.5. The van der Waals surface area contributed by atoms with Crippen LogP contribution in [0.3, 0.4) is 0 Å². The van der Waals surface area contributed by atoms with E-state index in [0.717, 1.165) is 10.8 Å². The molecule has 3 rings (SSSR count). The molecular weight excluding hydrogens is 347 g/mol. The first-order valence-electron chi connectivity index (χ1n) is 7.89. The average molecular weight is 365 g/mol. The van der Waals surface area contributed by atoms with Gasteiger partial charge in [0, 0.05) is 54.5 Å². The first kappa shape index (κ1) is 17.2. The second kappa shape index (κ2) is 7.51. The Morgan fingerprint density at radius 1 is 0.833 bits per heavy atom. The van der Waals surface area contributed by atoms with Crippen LogP contribution < -0.4 is 0 Å². The van der Waals surface area contributed by atoms with Crippen molar-refractivity contribution >= 4 is 45.8 Å². The van der Waals surface area contributed by atoms with Crippen molar-refractivity contribution in [1.82, 2.24) is 9.80 Å². The molecule has 126 valence electrons. The molecule has 2 aromatic carbocycles. The lowest BCUT2D eigenvalue weighted by Crippen LogP contribution is -2.45. The van der Waals surface area contributed by atoms with Crippen LogP contribution in [0.1, 0.15) is 20.7 Å². The van der Waals surface area contributed by atoms with Crippen LogP contribution >= 0.6 is 23.2 Å². The predicted octanol–water partition coefficient (Wildman–Crippen LogP) is 3.22. The Bertz CT molecular complexity index is 722. The highest BCUT2D eigenvalue weighted by molar-refractivity contribution is 6.25. The lowest BCUT2D eigenvalue weighted by molar-refractivity contribution is 0.0595. The Kier molecular flexibility index (Phi) is 5.39. The van der Waals surface area contributed by atoms with Crippen molar-refractivity contribution in [2.45, 2.75) is 0 Å². The summed E-state index contributed by atoms with van der Waals surface area (Å²) in [4.78, 5) is 28.9. The molecule has 24 heavy (non-hydrogen) atoms. The quantitative estimate of drug-likeness (QED) is 0.559. The summed E-state index contributed by atoms with van der Waals surface area (Å²) in [6, 6.07) is 11.1. The molecule has 0 aliphatic carbocycles. The molecule has 0 N–H and O–H groups in total. The average Bonchev–Trinajstić information content (AvgIpc) is 2.59. The van der Waals surface area contributed by atoms with Gasteiger partial charge in [0.25, 0.3) is 11.8 Å². The molecule has 0 radical (unpaired) electrons. The summed E-state index contributed by atoms with van der Waals surface area (Å²) >= 11 is 11.6. The molecule has 0 aromatic heterocycles. The largest absolute Gasteiger partial charge is 0.299 e. The zero-order chi connectivity index (χ0) is 17.1. The molecule has 0 bridgehead atoms. The van der Waals surface area contributed by atoms with E-state index in [1.54, 1.807) is 12.1 Å². The summed E-state index contributed by atoms with van der Waals surface area (Å²) in [7, 11) is 0. The number of benzene rings is 2. The van der Waals surface area contributed by atoms with Gasteiger partial charge in [-0.1, -0.05) is 24.3 Å². The number of hydrogen-bond donors (Lipinski definition) is 0. The van der Waals surface area contributed by atoms with Crippen LogP contribution in [0.25, 0.3) is 10.8 Å². The monoisotopic (exact) mass is 364 g/mol. The molecule has 4 nitrogen and oxygen atoms in total. The van der Waals surface area contributed by atoms with E-state index >= 15 is 0 Å². The summed E-state index contributed by atoms with van der Waals surface area (Å²) in [6.07, 6.45) is 0. The van der Waals surface area contributed by atoms with Gasteiger partial charge < -0.3 is 0 Å². The van der Waals surface area contributed by atoms with Gasteiger partial charge in [-0.3, -0.25) is 19.4 Å². The Hall–Kier alpha value is -1.62. The molecule has 0 spiro atoms. The van der Waals surface area contributed by atoms with Crippen LogP contribution in [0.5, 0.6) is 0 Å². The van der Waals surface area contributed by atoms with Crippen molar-refractivity contribution in [3.05, 3.63) is 47.5 Å². The fourth-order valence-electron chi connectivity index (χ4n) is 3.10. The van der Waals surface area contributed by atoms with Crippen molar-refractivity contribution < 1.29 is 9.59 Å². The van der Waals surface area contributed by atoms with Gasteiger partial charge in [0.2, 0.25) is 0 Å². The topological polar surface area (TPSA) is 40.6 Å². The molecule has 1 aliphatic heterocycles. The normalized spacial score (nSPS) is 14.0. The fraction of sp³-hybridized carbons (Fsp3) is 0.333. The van der Waals surface area contributed by atoms with E-state index < -0.39 is 0 Å². The molecule has 0 atom stereocenters. The third-order valence-corrected chi connectivity index (χ3v) is 4.64. The Morgan fingerprint density at radius 2 is 1.38 bits per heavy atom. The van der Waals surface area contributed by atoms with Crippen LogP contribution in [0.2, 0.25) is 0 Å². The van der Waals surface area contributed by atoms with Crippen molar-refractivity contribution in [3.8, 4) is 0 Å². The Balaban J connectivity index is 1.87. The first-order chi connectivity index (χ1) is 11.7. The first-order valence-corrected chi connectivity index (χ1v) is 8.96. The Morgan fingerprint density at radius 3 is 1.88 bits per heavy atom. The van der Waals surface area contributed by atoms with Gasteiger partial charge in [-0.05, 0) is 17.5 Å². The number of rotatable bonds is 7. The molecule has 2 aromatic rings. The molecule has 0 saturated carbocycles. The van der Waals surface area contributed by atoms with Crippen LogP contribution in [0.4, 0.5) is 0 Å². The minimum absolute atomic E-state index is 0.235. The van der Waals surface area contributed by atoms with Gasteiger partial charge >= 0.3 is 0 Å². The number of imide groups is 1. The molecule has 6 heteroatoms. The maximum absolute atomic E-state index is 12.8. The van der Waals surface area contributed by atoms with Gasteiger partial charge in [0.1, 0.15) is 0 Å². The summed E-state index contributed by atoms with van der Waals surface area (Å²) in [5, 5.41) is 1.67. The van der Waals surface area contributed by atoms with Gasteiger partial charge in [-0.2, -0.15) is 0 Å². The molecule has 1 heterocycles. The number of carbonyl (C=O) groups is 2. The second-order valence-electron chi connectivity index (χ2n) is 5.69. The molecule has 0 fully saturated rings. The minimum atomic E-state index is -0.235. The zero-order valence-corrected chi connectivity index (χ0v) is 14.7. The van der Waals surface area contributed by atoms with Gasteiger partial charge in [0.05, 0.1) is 0 Å². The molecule has 0 unspecified atom stereocenters. The maximum Gasteiger partial charge on any atom is 0.261 e. The van der Waals surface area contributed by atoms with E-state index in [1.165, 1.54) is 4.90 Å². The molecule has 0 saturated heterocycles. The summed E-state index contributed by atoms with van der Waals surface area (Å²) < 4.78 is 0. The van der Waals surface area contributed by atoms with Gasteiger partial charge in [-0.25, -0.2) is 0 Å². The van der Waals surface area contributed by atoms with Crippen molar-refractivity contribution in [1.29, 1.82) is 0 Å². The minimum Gasteiger partial charge on any atom is -0.299 e. The molecule has 2 amide bonds. The number of carbonyl (C=O) groups excluding carboxylic acids is 2. The van der Waals surface area contributed by atoms with E-state index in [1.807, 2.05) is 24.3 Å². The fourth-order valence-corrected chi connectivity index (χ4v) is 3.58. The second-order valence-corrected chi connectivity index (χ2v) is 6.45. The SMILES string of the molecule is O=C1c2cccc3cccc(c23)C(=O)N1CCN(CCCl)CCCl. The lowest BCUT2D eigenvalue weighted by atomic mass is 9.94. The highest BCUT2D eigenvalue weighted by Crippen LogP contribution is 2.29. The van der Waals surface area contributed by atoms with E-state index in [0.29, 0.717) is 49.1 Å². The third kappa shape index (κ3) is 3.14. The van der Waals surface area contributed by atoms with Crippen molar-refractivity contribution in [2.75, 3.05) is 37.9 Å². The molecule has 1 aliphatic rings. The van der Waals surface area contributed by atoms with Crippen LogP contribution in [0.15, 0.2) is 36.4 Å². The van der Waals surface area contributed by atoms with E-state index in [4.69, 9.17) is 23.2 Å². The van der Waals surface area contributed by atoms with Gasteiger partial charge in [0.15, 0.2) is 0 Å². The zero-order valence-electron chi connectivity index (χ0n) is 13.2. The predicted molar refractivity (Wildman–Crippen MR) is 97.2 cm³/mol. The van der Waals surface area contributed by atoms with Crippen LogP contribution in [-0.2, 0) is 0 Å². The van der Waals surface area contributed by atoms with E-state index in [9.17, 15) is 9.59 Å². The lowest BCUT2D eigenvalue weighted by Gasteiger charge is -2.29. The summed E-state index contributed by atoms with van der Waals surface area (Å²) in [5.41, 5.74) is 1.17. The number of halogens is 2. The van der Waals surface area contributed by atoms with Gasteiger partial charge in [-0.15, -0.1) is 23.2 Å². The summed E-state index contributed by atoms with van der Waals surface area (Å²) in [6.45, 7) is 2.25. The van der Waals surface area contributed by atoms with Crippen molar-refractivity contribution in [2.24, 2.45) is 0 Å². The number of amides is 2. The third-order valence-electron chi connectivity index (χ3n) is 4.30. The maximum atomic E-state index is 12.8. The Labute approximate surface area is 150 Å². The smallest absolute Gasteiger partial charge is 0.261 e.